The molecule has 0 amide bonds. The molecule has 0 fully saturated rings. The van der Waals surface area contributed by atoms with Gasteiger partial charge in [0.15, 0.2) is 0 Å². The number of nitrogens with two attached hydrogens (primary N) is 1. The quantitative estimate of drug-likeness (QED) is 0.775. The summed E-state index contributed by atoms with van der Waals surface area (Å²) in [5, 5.41) is 8.79. The molecular formula is C10H13F2NO. The third kappa shape index (κ3) is 3.05. The molecule has 1 rings (SSSR count). The van der Waals surface area contributed by atoms with E-state index in [4.69, 9.17) is 10.8 Å². The van der Waals surface area contributed by atoms with Crippen LogP contribution in [0.1, 0.15) is 17.2 Å². The molecule has 4 heteroatoms. The first-order chi connectivity index (χ1) is 6.63. The number of alkyl halides is 2. The Morgan fingerprint density at radius 1 is 1.36 bits per heavy atom. The van der Waals surface area contributed by atoms with Crippen LogP contribution in [0.4, 0.5) is 8.78 Å². The number of aliphatic hydroxyl groups is 1. The minimum absolute atomic E-state index is 0.182. The SMILES string of the molecule is NC(CO)c1cccc(CC(F)F)c1. The molecule has 1 unspecified atom stereocenters. The second-order valence-corrected chi connectivity index (χ2v) is 3.13. The molecular weight excluding hydrogens is 188 g/mol. The maximum absolute atomic E-state index is 12.1. The van der Waals surface area contributed by atoms with E-state index in [9.17, 15) is 8.78 Å². The van der Waals surface area contributed by atoms with Gasteiger partial charge < -0.3 is 10.8 Å². The van der Waals surface area contributed by atoms with E-state index in [2.05, 4.69) is 0 Å². The molecule has 0 aliphatic carbocycles. The predicted octanol–water partition coefficient (Wildman–Crippen LogP) is 1.49. The van der Waals surface area contributed by atoms with Crippen molar-refractivity contribution in [3.63, 3.8) is 0 Å². The summed E-state index contributed by atoms with van der Waals surface area (Å²) in [5.74, 6) is 0. The number of rotatable bonds is 4. The van der Waals surface area contributed by atoms with Gasteiger partial charge in [-0.1, -0.05) is 24.3 Å². The fourth-order valence-corrected chi connectivity index (χ4v) is 1.23. The lowest BCUT2D eigenvalue weighted by Crippen LogP contribution is -2.14. The second-order valence-electron chi connectivity index (χ2n) is 3.13. The Balaban J connectivity index is 2.78. The Hall–Kier alpha value is -1.00. The molecule has 0 bridgehead atoms. The number of hydrogen-bond acceptors (Lipinski definition) is 2. The van der Waals surface area contributed by atoms with Gasteiger partial charge in [0.2, 0.25) is 6.43 Å². The van der Waals surface area contributed by atoms with Crippen LogP contribution in [0.15, 0.2) is 24.3 Å². The van der Waals surface area contributed by atoms with Gasteiger partial charge in [-0.25, -0.2) is 8.78 Å². The van der Waals surface area contributed by atoms with E-state index in [1.54, 1.807) is 24.3 Å². The normalized spacial score (nSPS) is 13.2. The molecule has 0 saturated carbocycles. The molecule has 1 aromatic carbocycles. The number of halogens is 2. The number of benzene rings is 1. The van der Waals surface area contributed by atoms with Crippen LogP contribution in [0.25, 0.3) is 0 Å². The zero-order valence-electron chi connectivity index (χ0n) is 7.66. The van der Waals surface area contributed by atoms with Gasteiger partial charge in [0.25, 0.3) is 0 Å². The Labute approximate surface area is 81.4 Å². The van der Waals surface area contributed by atoms with E-state index >= 15 is 0 Å². The number of aliphatic hydroxyl groups excluding tert-OH is 1. The van der Waals surface area contributed by atoms with Crippen molar-refractivity contribution in [2.24, 2.45) is 5.73 Å². The third-order valence-corrected chi connectivity index (χ3v) is 1.97. The summed E-state index contributed by atoms with van der Waals surface area (Å²) >= 11 is 0. The van der Waals surface area contributed by atoms with Gasteiger partial charge in [0.05, 0.1) is 12.6 Å². The average molecular weight is 201 g/mol. The molecule has 0 aromatic heterocycles. The summed E-state index contributed by atoms with van der Waals surface area (Å²) < 4.78 is 24.1. The van der Waals surface area contributed by atoms with Crippen LogP contribution in [0.3, 0.4) is 0 Å². The number of hydrogen-bond donors (Lipinski definition) is 2. The van der Waals surface area contributed by atoms with Crippen molar-refractivity contribution in [1.82, 2.24) is 0 Å². The zero-order chi connectivity index (χ0) is 10.6. The van der Waals surface area contributed by atoms with E-state index in [1.165, 1.54) is 0 Å². The molecule has 14 heavy (non-hydrogen) atoms. The van der Waals surface area contributed by atoms with E-state index in [0.29, 0.717) is 11.1 Å². The van der Waals surface area contributed by atoms with Crippen LogP contribution in [-0.2, 0) is 6.42 Å². The smallest absolute Gasteiger partial charge is 0.242 e. The van der Waals surface area contributed by atoms with Gasteiger partial charge in [-0.15, -0.1) is 0 Å². The Kier molecular flexibility index (Phi) is 3.98. The first-order valence-electron chi connectivity index (χ1n) is 4.37. The largest absolute Gasteiger partial charge is 0.394 e. The molecule has 1 aromatic rings. The van der Waals surface area contributed by atoms with E-state index in [-0.39, 0.29) is 13.0 Å². The van der Waals surface area contributed by atoms with Crippen LogP contribution >= 0.6 is 0 Å². The van der Waals surface area contributed by atoms with Crippen molar-refractivity contribution < 1.29 is 13.9 Å². The lowest BCUT2D eigenvalue weighted by atomic mass is 10.0. The highest BCUT2D eigenvalue weighted by Gasteiger charge is 2.08. The lowest BCUT2D eigenvalue weighted by molar-refractivity contribution is 0.149. The summed E-state index contributed by atoms with van der Waals surface area (Å²) in [5.41, 5.74) is 6.79. The minimum Gasteiger partial charge on any atom is -0.394 e. The van der Waals surface area contributed by atoms with Crippen molar-refractivity contribution >= 4 is 0 Å². The standard InChI is InChI=1S/C10H13F2NO/c11-10(12)5-7-2-1-3-8(4-7)9(13)6-14/h1-4,9-10,14H,5-6,13H2. The minimum atomic E-state index is -2.35. The molecule has 0 aliphatic rings. The Morgan fingerprint density at radius 2 is 2.07 bits per heavy atom. The molecule has 0 saturated heterocycles. The molecule has 0 aliphatic heterocycles. The molecule has 2 nitrogen and oxygen atoms in total. The maximum Gasteiger partial charge on any atom is 0.242 e. The fraction of sp³-hybridized carbons (Fsp3) is 0.400. The molecule has 0 radical (unpaired) electrons. The summed E-state index contributed by atoms with van der Waals surface area (Å²) in [4.78, 5) is 0. The van der Waals surface area contributed by atoms with Crippen LogP contribution < -0.4 is 5.73 Å². The molecule has 0 spiro atoms. The van der Waals surface area contributed by atoms with Gasteiger partial charge in [0.1, 0.15) is 0 Å². The monoisotopic (exact) mass is 201 g/mol. The second kappa shape index (κ2) is 5.02. The molecule has 1 atom stereocenters. The summed E-state index contributed by atoms with van der Waals surface area (Å²) in [6, 6.07) is 6.12. The summed E-state index contributed by atoms with van der Waals surface area (Å²) in [6.07, 6.45) is -2.62. The van der Waals surface area contributed by atoms with Crippen molar-refractivity contribution in [3.8, 4) is 0 Å². The average Bonchev–Trinajstić information content (AvgIpc) is 2.16. The first kappa shape index (κ1) is 11.1. The van der Waals surface area contributed by atoms with Crippen LogP contribution in [0.5, 0.6) is 0 Å². The third-order valence-electron chi connectivity index (χ3n) is 1.97. The maximum atomic E-state index is 12.1. The van der Waals surface area contributed by atoms with Gasteiger partial charge in [-0.05, 0) is 11.1 Å². The van der Waals surface area contributed by atoms with E-state index < -0.39 is 12.5 Å². The van der Waals surface area contributed by atoms with Crippen LogP contribution in [-0.4, -0.2) is 18.1 Å². The Bertz CT molecular complexity index is 291. The highest BCUT2D eigenvalue weighted by Crippen LogP contribution is 2.14. The topological polar surface area (TPSA) is 46.2 Å². The fourth-order valence-electron chi connectivity index (χ4n) is 1.23. The van der Waals surface area contributed by atoms with E-state index in [0.717, 1.165) is 0 Å². The van der Waals surface area contributed by atoms with Gasteiger partial charge in [0, 0.05) is 6.42 Å². The zero-order valence-corrected chi connectivity index (χ0v) is 7.66. The van der Waals surface area contributed by atoms with Crippen molar-refractivity contribution in [2.45, 2.75) is 18.9 Å². The van der Waals surface area contributed by atoms with Crippen molar-refractivity contribution in [3.05, 3.63) is 35.4 Å². The van der Waals surface area contributed by atoms with Crippen LogP contribution in [0, 0.1) is 0 Å². The molecule has 3 N–H and O–H groups in total. The van der Waals surface area contributed by atoms with Crippen LogP contribution in [0.2, 0.25) is 0 Å². The Morgan fingerprint density at radius 3 is 2.64 bits per heavy atom. The van der Waals surface area contributed by atoms with Crippen molar-refractivity contribution in [1.29, 1.82) is 0 Å². The van der Waals surface area contributed by atoms with Crippen molar-refractivity contribution in [2.75, 3.05) is 6.61 Å². The van der Waals surface area contributed by atoms with Gasteiger partial charge in [-0.2, -0.15) is 0 Å². The first-order valence-corrected chi connectivity index (χ1v) is 4.37. The summed E-state index contributed by atoms with van der Waals surface area (Å²) in [6.45, 7) is -0.182. The van der Waals surface area contributed by atoms with Gasteiger partial charge >= 0.3 is 0 Å². The van der Waals surface area contributed by atoms with Gasteiger partial charge in [-0.3, -0.25) is 0 Å². The highest BCUT2D eigenvalue weighted by atomic mass is 19.3. The van der Waals surface area contributed by atoms with E-state index in [1.807, 2.05) is 0 Å². The predicted molar refractivity (Wildman–Crippen MR) is 50.2 cm³/mol. The molecule has 78 valence electrons. The lowest BCUT2D eigenvalue weighted by Gasteiger charge is -2.09. The molecule has 0 heterocycles. The summed E-state index contributed by atoms with van der Waals surface area (Å²) in [7, 11) is 0. The highest BCUT2D eigenvalue weighted by molar-refractivity contribution is 5.26.